The van der Waals surface area contributed by atoms with Crippen LogP contribution in [0.3, 0.4) is 0 Å². The summed E-state index contributed by atoms with van der Waals surface area (Å²) in [6, 6.07) is 4.02. The Labute approximate surface area is 105 Å². The molecule has 0 aromatic heterocycles. The predicted molar refractivity (Wildman–Crippen MR) is 64.8 cm³/mol. The van der Waals surface area contributed by atoms with E-state index in [4.69, 9.17) is 0 Å². The maximum absolute atomic E-state index is 12.9. The molecule has 15 heavy (non-hydrogen) atoms. The van der Waals surface area contributed by atoms with Crippen molar-refractivity contribution in [2.45, 2.75) is 11.8 Å². The number of hydrogen-bond donors (Lipinski definition) is 1. The third-order valence-corrected chi connectivity index (χ3v) is 2.73. The van der Waals surface area contributed by atoms with Gasteiger partial charge in [0.15, 0.2) is 0 Å². The van der Waals surface area contributed by atoms with E-state index in [0.29, 0.717) is 16.6 Å². The van der Waals surface area contributed by atoms with Crippen molar-refractivity contribution in [3.63, 3.8) is 0 Å². The van der Waals surface area contributed by atoms with Crippen molar-refractivity contribution in [1.82, 2.24) is 5.32 Å². The number of nitrogens with one attached hydrogen (secondary N) is 1. The van der Waals surface area contributed by atoms with Crippen LogP contribution in [0.4, 0.5) is 4.39 Å². The zero-order valence-corrected chi connectivity index (χ0v) is 11.2. The molecule has 1 aromatic carbocycles. The third-order valence-electron chi connectivity index (χ3n) is 1.72. The fraction of sp³-hybridized carbons (Fsp3) is 0.300. The third kappa shape index (κ3) is 3.91. The molecule has 0 fully saturated rings. The Kier molecular flexibility index (Phi) is 4.73. The van der Waals surface area contributed by atoms with Gasteiger partial charge in [-0.1, -0.05) is 22.9 Å². The van der Waals surface area contributed by atoms with E-state index in [2.05, 4.69) is 37.2 Å². The minimum Gasteiger partial charge on any atom is -0.351 e. The fourth-order valence-electron chi connectivity index (χ4n) is 1.00. The Morgan fingerprint density at radius 1 is 1.60 bits per heavy atom. The molecule has 0 spiro atoms. The molecule has 1 unspecified atom stereocenters. The maximum Gasteiger partial charge on any atom is 0.252 e. The summed E-state index contributed by atoms with van der Waals surface area (Å²) in [6.07, 6.45) is 0. The zero-order valence-electron chi connectivity index (χ0n) is 8.06. The van der Waals surface area contributed by atoms with Gasteiger partial charge < -0.3 is 5.32 Å². The summed E-state index contributed by atoms with van der Waals surface area (Å²) in [5, 5.41) is 2.68. The first-order chi connectivity index (χ1) is 7.00. The Balaban J connectivity index is 2.77. The molecule has 0 saturated carbocycles. The van der Waals surface area contributed by atoms with Crippen molar-refractivity contribution in [2.75, 3.05) is 6.54 Å². The number of amides is 1. The second-order valence-corrected chi connectivity index (χ2v) is 5.53. The molecule has 5 heteroatoms. The van der Waals surface area contributed by atoms with Gasteiger partial charge in [0.1, 0.15) is 5.82 Å². The molecule has 2 nitrogen and oxygen atoms in total. The summed E-state index contributed by atoms with van der Waals surface area (Å²) in [5.41, 5.74) is 0.308. The van der Waals surface area contributed by atoms with Crippen LogP contribution in [0.2, 0.25) is 0 Å². The lowest BCUT2D eigenvalue weighted by molar-refractivity contribution is 0.0953. The van der Waals surface area contributed by atoms with Crippen molar-refractivity contribution >= 4 is 37.8 Å². The van der Waals surface area contributed by atoms with E-state index in [1.54, 1.807) is 0 Å². The largest absolute Gasteiger partial charge is 0.351 e. The molecule has 1 rings (SSSR count). The summed E-state index contributed by atoms with van der Waals surface area (Å²) in [7, 11) is 0. The highest BCUT2D eigenvalue weighted by atomic mass is 79.9. The fourth-order valence-corrected chi connectivity index (χ4v) is 1.59. The summed E-state index contributed by atoms with van der Waals surface area (Å²) in [4.78, 5) is 11.8. The van der Waals surface area contributed by atoms with Crippen molar-refractivity contribution in [3.05, 3.63) is 34.1 Å². The van der Waals surface area contributed by atoms with E-state index in [0.717, 1.165) is 0 Å². The van der Waals surface area contributed by atoms with Gasteiger partial charge in [0.25, 0.3) is 5.91 Å². The molecule has 0 aliphatic heterocycles. The van der Waals surface area contributed by atoms with Crippen molar-refractivity contribution in [3.8, 4) is 0 Å². The zero-order chi connectivity index (χ0) is 11.4. The van der Waals surface area contributed by atoms with Crippen LogP contribution in [0.5, 0.6) is 0 Å². The highest BCUT2D eigenvalue weighted by Gasteiger charge is 2.11. The van der Waals surface area contributed by atoms with E-state index in [1.165, 1.54) is 18.2 Å². The second-order valence-electron chi connectivity index (χ2n) is 3.11. The monoisotopic (exact) mass is 337 g/mol. The van der Waals surface area contributed by atoms with Crippen LogP contribution in [-0.2, 0) is 0 Å². The molecule has 0 radical (unpaired) electrons. The van der Waals surface area contributed by atoms with Gasteiger partial charge in [-0.15, -0.1) is 0 Å². The van der Waals surface area contributed by atoms with Crippen molar-refractivity contribution in [2.24, 2.45) is 0 Å². The quantitative estimate of drug-likeness (QED) is 0.843. The number of rotatable bonds is 3. The second kappa shape index (κ2) is 5.61. The Bertz CT molecular complexity index is 368. The van der Waals surface area contributed by atoms with Crippen LogP contribution in [0.15, 0.2) is 22.7 Å². The molecule has 1 aromatic rings. The van der Waals surface area contributed by atoms with E-state index < -0.39 is 5.82 Å². The molecule has 1 N–H and O–H groups in total. The van der Waals surface area contributed by atoms with Gasteiger partial charge in [-0.05, 0) is 34.1 Å². The van der Waals surface area contributed by atoms with Crippen molar-refractivity contribution in [1.29, 1.82) is 0 Å². The summed E-state index contributed by atoms with van der Waals surface area (Å²) in [5.74, 6) is -0.706. The summed E-state index contributed by atoms with van der Waals surface area (Å²) < 4.78 is 13.5. The number of carbonyl (C=O) groups excluding carboxylic acids is 1. The van der Waals surface area contributed by atoms with Gasteiger partial charge >= 0.3 is 0 Å². The molecular weight excluding hydrogens is 329 g/mol. The molecule has 0 aliphatic carbocycles. The van der Waals surface area contributed by atoms with Gasteiger partial charge in [0.05, 0.1) is 5.56 Å². The lowest BCUT2D eigenvalue weighted by Gasteiger charge is -2.08. The summed E-state index contributed by atoms with van der Waals surface area (Å²) >= 11 is 6.51. The molecule has 1 amide bonds. The molecule has 0 saturated heterocycles. The Morgan fingerprint density at radius 3 is 2.87 bits per heavy atom. The molecule has 0 heterocycles. The molecule has 0 aliphatic rings. The van der Waals surface area contributed by atoms with E-state index >= 15 is 0 Å². The average molecular weight is 339 g/mol. The normalized spacial score (nSPS) is 12.3. The van der Waals surface area contributed by atoms with Crippen LogP contribution >= 0.6 is 31.9 Å². The number of alkyl halides is 1. The molecule has 82 valence electrons. The average Bonchev–Trinajstić information content (AvgIpc) is 2.18. The SMILES string of the molecule is CC(Br)CNC(=O)c1cc(F)ccc1Br. The first-order valence-corrected chi connectivity index (χ1v) is 6.09. The first-order valence-electron chi connectivity index (χ1n) is 4.38. The minimum atomic E-state index is -0.421. The van der Waals surface area contributed by atoms with E-state index in [9.17, 15) is 9.18 Å². The molecule has 1 atom stereocenters. The van der Waals surface area contributed by atoms with Gasteiger partial charge in [0.2, 0.25) is 0 Å². The first kappa shape index (κ1) is 12.6. The van der Waals surface area contributed by atoms with Crippen molar-refractivity contribution < 1.29 is 9.18 Å². The van der Waals surface area contributed by atoms with Crippen LogP contribution in [0.1, 0.15) is 17.3 Å². The lowest BCUT2D eigenvalue weighted by Crippen LogP contribution is -2.28. The Morgan fingerprint density at radius 2 is 2.27 bits per heavy atom. The van der Waals surface area contributed by atoms with Gasteiger partial charge in [-0.25, -0.2) is 4.39 Å². The number of halogens is 3. The number of hydrogen-bond acceptors (Lipinski definition) is 1. The lowest BCUT2D eigenvalue weighted by atomic mass is 10.2. The van der Waals surface area contributed by atoms with Crippen LogP contribution in [0.25, 0.3) is 0 Å². The predicted octanol–water partition coefficient (Wildman–Crippen LogP) is 3.10. The minimum absolute atomic E-state index is 0.189. The number of carbonyl (C=O) groups is 1. The maximum atomic E-state index is 12.9. The Hall–Kier alpha value is -0.420. The van der Waals surface area contributed by atoms with Gasteiger partial charge in [0, 0.05) is 15.8 Å². The van der Waals surface area contributed by atoms with Gasteiger partial charge in [-0.3, -0.25) is 4.79 Å². The highest BCUT2D eigenvalue weighted by Crippen LogP contribution is 2.17. The van der Waals surface area contributed by atoms with E-state index in [-0.39, 0.29) is 10.7 Å². The van der Waals surface area contributed by atoms with Crippen LogP contribution in [0, 0.1) is 5.82 Å². The van der Waals surface area contributed by atoms with Gasteiger partial charge in [-0.2, -0.15) is 0 Å². The van der Waals surface area contributed by atoms with Crippen LogP contribution in [-0.4, -0.2) is 17.3 Å². The smallest absolute Gasteiger partial charge is 0.252 e. The standard InChI is InChI=1S/C10H10Br2FNO/c1-6(11)5-14-10(15)8-4-7(13)2-3-9(8)12/h2-4,6H,5H2,1H3,(H,14,15). The number of benzene rings is 1. The summed E-state index contributed by atoms with van der Waals surface area (Å²) in [6.45, 7) is 2.42. The molecule has 0 bridgehead atoms. The molecular formula is C10H10Br2FNO. The topological polar surface area (TPSA) is 29.1 Å². The highest BCUT2D eigenvalue weighted by molar-refractivity contribution is 9.10. The van der Waals surface area contributed by atoms with E-state index in [1.807, 2.05) is 6.92 Å². The van der Waals surface area contributed by atoms with Crippen LogP contribution < -0.4 is 5.32 Å².